The fraction of sp³-hybridized carbons (Fsp3) is 0.136. The van der Waals surface area contributed by atoms with E-state index in [1.807, 2.05) is 0 Å². The number of ether oxygens (including phenoxy) is 1. The van der Waals surface area contributed by atoms with Crippen molar-refractivity contribution in [3.05, 3.63) is 89.2 Å². The zero-order chi connectivity index (χ0) is 23.3. The topological polar surface area (TPSA) is 84.5 Å². The van der Waals surface area contributed by atoms with Gasteiger partial charge in [-0.3, -0.25) is 9.52 Å². The second kappa shape index (κ2) is 9.73. The van der Waals surface area contributed by atoms with Crippen LogP contribution in [0.4, 0.5) is 18.9 Å². The molecule has 3 rings (SSSR count). The van der Waals surface area contributed by atoms with E-state index in [1.165, 1.54) is 54.6 Å². The molecule has 2 N–H and O–H groups in total. The van der Waals surface area contributed by atoms with Gasteiger partial charge in [-0.1, -0.05) is 18.2 Å². The molecule has 0 bridgehead atoms. The number of alkyl halides is 2. The second-order valence-electron chi connectivity index (χ2n) is 6.79. The highest BCUT2D eigenvalue weighted by molar-refractivity contribution is 7.92. The third-order valence-corrected chi connectivity index (χ3v) is 5.84. The number of amides is 1. The molecule has 168 valence electrons. The Hall–Kier alpha value is -3.53. The molecule has 0 atom stereocenters. The molecule has 0 fully saturated rings. The summed E-state index contributed by atoms with van der Waals surface area (Å²) >= 11 is 0. The summed E-state index contributed by atoms with van der Waals surface area (Å²) < 4.78 is 69.4. The number of nitrogens with one attached hydrogen (secondary N) is 2. The summed E-state index contributed by atoms with van der Waals surface area (Å²) in [4.78, 5) is 12.5. The zero-order valence-electron chi connectivity index (χ0n) is 16.8. The number of hydrogen-bond donors (Lipinski definition) is 2. The van der Waals surface area contributed by atoms with Gasteiger partial charge in [0.05, 0.1) is 4.90 Å². The number of halogens is 3. The van der Waals surface area contributed by atoms with E-state index >= 15 is 0 Å². The highest BCUT2D eigenvalue weighted by Crippen LogP contribution is 2.20. The summed E-state index contributed by atoms with van der Waals surface area (Å²) in [5.74, 6) is -1.01. The van der Waals surface area contributed by atoms with E-state index in [0.717, 1.165) is 12.1 Å². The highest BCUT2D eigenvalue weighted by atomic mass is 32.2. The van der Waals surface area contributed by atoms with Gasteiger partial charge in [-0.25, -0.2) is 12.8 Å². The highest BCUT2D eigenvalue weighted by Gasteiger charge is 2.18. The Morgan fingerprint density at radius 2 is 1.66 bits per heavy atom. The maximum atomic E-state index is 13.0. The average molecular weight is 464 g/mol. The van der Waals surface area contributed by atoms with Crippen molar-refractivity contribution in [3.63, 3.8) is 0 Å². The Labute approximate surface area is 183 Å². The standard InChI is InChI=1S/C22H19F3N2O4S/c1-14-2-11-19(32(29,30)27-17-7-5-16(23)6-8-17)12-20(14)21(28)26-13-15-3-9-18(10-4-15)31-22(24)25/h2-12,22,27H,13H2,1H3,(H,26,28). The number of sulfonamides is 1. The van der Waals surface area contributed by atoms with E-state index in [1.54, 1.807) is 6.92 Å². The lowest BCUT2D eigenvalue weighted by Crippen LogP contribution is -2.24. The molecule has 10 heteroatoms. The van der Waals surface area contributed by atoms with Gasteiger partial charge >= 0.3 is 6.61 Å². The Bertz CT molecular complexity index is 1200. The molecule has 32 heavy (non-hydrogen) atoms. The van der Waals surface area contributed by atoms with Crippen molar-refractivity contribution >= 4 is 21.6 Å². The van der Waals surface area contributed by atoms with E-state index in [9.17, 15) is 26.4 Å². The Kier molecular flexibility index (Phi) is 7.04. The third kappa shape index (κ3) is 6.01. The molecule has 3 aromatic rings. The van der Waals surface area contributed by atoms with Crippen LogP contribution in [0, 0.1) is 12.7 Å². The number of hydrogen-bond acceptors (Lipinski definition) is 4. The minimum Gasteiger partial charge on any atom is -0.435 e. The molecule has 0 saturated carbocycles. The predicted molar refractivity (Wildman–Crippen MR) is 113 cm³/mol. The van der Waals surface area contributed by atoms with E-state index in [4.69, 9.17) is 0 Å². The molecule has 3 aromatic carbocycles. The van der Waals surface area contributed by atoms with Crippen molar-refractivity contribution in [2.45, 2.75) is 25.0 Å². The minimum absolute atomic E-state index is 0.00233. The summed E-state index contributed by atoms with van der Waals surface area (Å²) in [6.07, 6.45) is 0. The monoisotopic (exact) mass is 464 g/mol. The maximum absolute atomic E-state index is 13.0. The molecule has 1 amide bonds. The molecule has 0 radical (unpaired) electrons. The molecular weight excluding hydrogens is 445 g/mol. The Morgan fingerprint density at radius 1 is 1.00 bits per heavy atom. The molecule has 0 unspecified atom stereocenters. The van der Waals surface area contributed by atoms with Crippen molar-refractivity contribution in [3.8, 4) is 5.75 Å². The Balaban J connectivity index is 1.71. The average Bonchev–Trinajstić information content (AvgIpc) is 2.74. The van der Waals surface area contributed by atoms with Crippen LogP contribution in [-0.2, 0) is 16.6 Å². The summed E-state index contributed by atoms with van der Waals surface area (Å²) in [5.41, 5.74) is 1.53. The number of aryl methyl sites for hydroxylation is 1. The molecule has 0 saturated heterocycles. The van der Waals surface area contributed by atoms with Crippen LogP contribution in [0.1, 0.15) is 21.5 Å². The molecule has 0 heterocycles. The molecule has 0 spiro atoms. The number of anilines is 1. The number of rotatable bonds is 8. The van der Waals surface area contributed by atoms with Crippen LogP contribution in [0.15, 0.2) is 71.6 Å². The van der Waals surface area contributed by atoms with Crippen LogP contribution in [0.3, 0.4) is 0 Å². The van der Waals surface area contributed by atoms with E-state index < -0.39 is 28.4 Å². The van der Waals surface area contributed by atoms with Crippen LogP contribution in [-0.4, -0.2) is 20.9 Å². The normalized spacial score (nSPS) is 11.3. The molecular formula is C22H19F3N2O4S. The largest absolute Gasteiger partial charge is 0.435 e. The molecule has 0 aliphatic heterocycles. The van der Waals surface area contributed by atoms with Crippen molar-refractivity contribution in [2.75, 3.05) is 4.72 Å². The molecule has 0 aromatic heterocycles. The van der Waals surface area contributed by atoms with Gasteiger partial charge in [-0.2, -0.15) is 8.78 Å². The Morgan fingerprint density at radius 3 is 2.28 bits per heavy atom. The fourth-order valence-electron chi connectivity index (χ4n) is 2.81. The van der Waals surface area contributed by atoms with Gasteiger partial charge in [0.1, 0.15) is 11.6 Å². The first-order valence-electron chi connectivity index (χ1n) is 9.35. The van der Waals surface area contributed by atoms with Crippen LogP contribution in [0.5, 0.6) is 5.75 Å². The van der Waals surface area contributed by atoms with Crippen molar-refractivity contribution in [1.29, 1.82) is 0 Å². The van der Waals surface area contributed by atoms with Gasteiger partial charge in [0.25, 0.3) is 15.9 Å². The first-order valence-corrected chi connectivity index (χ1v) is 10.8. The van der Waals surface area contributed by atoms with Gasteiger partial charge in [-0.15, -0.1) is 0 Å². The second-order valence-corrected chi connectivity index (χ2v) is 8.48. The smallest absolute Gasteiger partial charge is 0.387 e. The van der Waals surface area contributed by atoms with Gasteiger partial charge in [-0.05, 0) is 66.6 Å². The lowest BCUT2D eigenvalue weighted by molar-refractivity contribution is -0.0498. The quantitative estimate of drug-likeness (QED) is 0.515. The van der Waals surface area contributed by atoms with Gasteiger partial charge in [0.2, 0.25) is 0 Å². The SMILES string of the molecule is Cc1ccc(S(=O)(=O)Nc2ccc(F)cc2)cc1C(=O)NCc1ccc(OC(F)F)cc1. The zero-order valence-corrected chi connectivity index (χ0v) is 17.6. The summed E-state index contributed by atoms with van der Waals surface area (Å²) in [6.45, 7) is -1.17. The lowest BCUT2D eigenvalue weighted by Gasteiger charge is -2.12. The van der Waals surface area contributed by atoms with Gasteiger partial charge < -0.3 is 10.1 Å². The van der Waals surface area contributed by atoms with E-state index in [0.29, 0.717) is 11.1 Å². The van der Waals surface area contributed by atoms with Crippen LogP contribution >= 0.6 is 0 Å². The first-order chi connectivity index (χ1) is 15.1. The summed E-state index contributed by atoms with van der Waals surface area (Å²) in [5, 5.41) is 2.67. The first kappa shape index (κ1) is 23.1. The fourth-order valence-corrected chi connectivity index (χ4v) is 3.90. The van der Waals surface area contributed by atoms with Crippen LogP contribution in [0.25, 0.3) is 0 Å². The van der Waals surface area contributed by atoms with Crippen LogP contribution in [0.2, 0.25) is 0 Å². The van der Waals surface area contributed by atoms with Gasteiger partial charge in [0.15, 0.2) is 0 Å². The lowest BCUT2D eigenvalue weighted by atomic mass is 10.1. The van der Waals surface area contributed by atoms with Gasteiger partial charge in [0, 0.05) is 17.8 Å². The predicted octanol–water partition coefficient (Wildman–Crippen LogP) is 4.47. The van der Waals surface area contributed by atoms with E-state index in [2.05, 4.69) is 14.8 Å². The molecule has 0 aliphatic carbocycles. The summed E-state index contributed by atoms with van der Waals surface area (Å²) in [6, 6.07) is 14.7. The minimum atomic E-state index is -4.01. The summed E-state index contributed by atoms with van der Waals surface area (Å²) in [7, 11) is -4.01. The maximum Gasteiger partial charge on any atom is 0.387 e. The number of carbonyl (C=O) groups excluding carboxylic acids is 1. The van der Waals surface area contributed by atoms with Crippen molar-refractivity contribution in [2.24, 2.45) is 0 Å². The van der Waals surface area contributed by atoms with E-state index in [-0.39, 0.29) is 28.4 Å². The van der Waals surface area contributed by atoms with Crippen LogP contribution < -0.4 is 14.8 Å². The number of carbonyl (C=O) groups is 1. The van der Waals surface area contributed by atoms with Crippen molar-refractivity contribution < 1.29 is 31.1 Å². The molecule has 6 nitrogen and oxygen atoms in total. The van der Waals surface area contributed by atoms with Crippen molar-refractivity contribution in [1.82, 2.24) is 5.32 Å². The third-order valence-electron chi connectivity index (χ3n) is 4.46. The number of benzene rings is 3. The molecule has 0 aliphatic rings.